The van der Waals surface area contributed by atoms with Gasteiger partial charge in [-0.2, -0.15) is 0 Å². The van der Waals surface area contributed by atoms with Gasteiger partial charge in [0.15, 0.2) is 6.10 Å². The van der Waals surface area contributed by atoms with E-state index in [0.717, 1.165) is 0 Å². The molecular weight excluding hydrogens is 300 g/mol. The molecule has 0 saturated carbocycles. The predicted molar refractivity (Wildman–Crippen MR) is 68.3 cm³/mol. The first-order valence-corrected chi connectivity index (χ1v) is 6.24. The Morgan fingerprint density at radius 2 is 1.64 bits per heavy atom. The van der Waals surface area contributed by atoms with E-state index >= 15 is 0 Å². The van der Waals surface area contributed by atoms with E-state index in [1.54, 1.807) is 0 Å². The van der Waals surface area contributed by atoms with Gasteiger partial charge in [0.25, 0.3) is 0 Å². The van der Waals surface area contributed by atoms with Crippen LogP contribution in [0, 0.1) is 0 Å². The van der Waals surface area contributed by atoms with Crippen molar-refractivity contribution in [1.82, 2.24) is 0 Å². The Morgan fingerprint density at radius 1 is 1.00 bits per heavy atom. The molecule has 0 aliphatic carbocycles. The lowest BCUT2D eigenvalue weighted by atomic mass is 9.99. The standard InChI is InChI=1S/C13H14O9/c14-7-8(15)10(12(19)20)22-13(9(7)16)21-6-4-2-1-3-5(6)11(17)18/h1-4,7-10,13-16H,(H,17,18)(H,19,20)/t7?,8-,9?,10?,13+/m0/s1. The number of benzene rings is 1. The molecule has 1 saturated heterocycles. The molecule has 1 aliphatic rings. The van der Waals surface area contributed by atoms with Crippen molar-refractivity contribution >= 4 is 11.9 Å². The molecule has 9 nitrogen and oxygen atoms in total. The quantitative estimate of drug-likeness (QED) is 0.454. The monoisotopic (exact) mass is 314 g/mol. The van der Waals surface area contributed by atoms with E-state index in [-0.39, 0.29) is 11.3 Å². The van der Waals surface area contributed by atoms with Crippen molar-refractivity contribution in [1.29, 1.82) is 0 Å². The molecule has 5 atom stereocenters. The van der Waals surface area contributed by atoms with E-state index in [2.05, 4.69) is 0 Å². The molecule has 1 heterocycles. The van der Waals surface area contributed by atoms with Crippen LogP contribution in [-0.4, -0.2) is 68.2 Å². The normalized spacial score (nSPS) is 31.5. The lowest BCUT2D eigenvalue weighted by Crippen LogP contribution is -2.61. The summed E-state index contributed by atoms with van der Waals surface area (Å²) in [7, 11) is 0. The fourth-order valence-corrected chi connectivity index (χ4v) is 2.02. The number of aliphatic hydroxyl groups excluding tert-OH is 3. The molecular formula is C13H14O9. The van der Waals surface area contributed by atoms with Gasteiger partial charge in [-0.25, -0.2) is 9.59 Å². The van der Waals surface area contributed by atoms with Gasteiger partial charge < -0.3 is 35.0 Å². The summed E-state index contributed by atoms with van der Waals surface area (Å²) >= 11 is 0. The van der Waals surface area contributed by atoms with Gasteiger partial charge in [-0.15, -0.1) is 0 Å². The Kier molecular flexibility index (Phi) is 4.62. The van der Waals surface area contributed by atoms with Crippen molar-refractivity contribution < 1.29 is 44.6 Å². The fraction of sp³-hybridized carbons (Fsp3) is 0.385. The summed E-state index contributed by atoms with van der Waals surface area (Å²) in [6.45, 7) is 0. The van der Waals surface area contributed by atoms with Crippen molar-refractivity contribution in [2.75, 3.05) is 0 Å². The number of aromatic carboxylic acids is 1. The average Bonchev–Trinajstić information content (AvgIpc) is 2.47. The first-order valence-electron chi connectivity index (χ1n) is 6.24. The molecule has 0 aromatic heterocycles. The van der Waals surface area contributed by atoms with Crippen LogP contribution in [0.1, 0.15) is 10.4 Å². The molecule has 1 aliphatic heterocycles. The van der Waals surface area contributed by atoms with Gasteiger partial charge in [-0.3, -0.25) is 0 Å². The third-order valence-corrected chi connectivity index (χ3v) is 3.17. The third kappa shape index (κ3) is 3.02. The Morgan fingerprint density at radius 3 is 2.23 bits per heavy atom. The minimum atomic E-state index is -1.85. The number of ether oxygens (including phenoxy) is 2. The number of aliphatic carboxylic acids is 1. The number of carboxylic acid groups (broad SMARTS) is 2. The summed E-state index contributed by atoms with van der Waals surface area (Å²) in [6, 6.07) is 5.45. The zero-order chi connectivity index (χ0) is 16.4. The zero-order valence-corrected chi connectivity index (χ0v) is 11.1. The van der Waals surface area contributed by atoms with E-state index in [1.165, 1.54) is 24.3 Å². The molecule has 3 unspecified atom stereocenters. The van der Waals surface area contributed by atoms with Crippen molar-refractivity contribution in [2.45, 2.75) is 30.7 Å². The molecule has 0 bridgehead atoms. The number of para-hydroxylation sites is 1. The number of hydrogen-bond donors (Lipinski definition) is 5. The highest BCUT2D eigenvalue weighted by Crippen LogP contribution is 2.26. The molecule has 0 amide bonds. The van der Waals surface area contributed by atoms with E-state index in [9.17, 15) is 24.9 Å². The number of carbonyl (C=O) groups is 2. The summed E-state index contributed by atoms with van der Waals surface area (Å²) in [5, 5.41) is 46.9. The van der Waals surface area contributed by atoms with Crippen LogP contribution in [-0.2, 0) is 9.53 Å². The van der Waals surface area contributed by atoms with Crippen molar-refractivity contribution in [2.24, 2.45) is 0 Å². The lowest BCUT2D eigenvalue weighted by Gasteiger charge is -2.38. The second kappa shape index (κ2) is 6.28. The average molecular weight is 314 g/mol. The van der Waals surface area contributed by atoms with Gasteiger partial charge in [-0.1, -0.05) is 12.1 Å². The summed E-state index contributed by atoms with van der Waals surface area (Å²) in [6.07, 6.45) is -8.90. The smallest absolute Gasteiger partial charge is 0.339 e. The van der Waals surface area contributed by atoms with Gasteiger partial charge in [0.2, 0.25) is 6.29 Å². The van der Waals surface area contributed by atoms with Gasteiger partial charge in [0.1, 0.15) is 29.6 Å². The Bertz CT molecular complexity index is 572. The molecule has 0 radical (unpaired) electrons. The maximum absolute atomic E-state index is 11.1. The van der Waals surface area contributed by atoms with Gasteiger partial charge in [0, 0.05) is 0 Å². The SMILES string of the molecule is O=C(O)c1ccccc1O[C@@H]1OC(C(=O)O)[C@@H](O)C(O)C1O. The number of rotatable bonds is 4. The van der Waals surface area contributed by atoms with Crippen molar-refractivity contribution in [3.8, 4) is 5.75 Å². The Labute approximate surface area is 124 Å². The maximum Gasteiger partial charge on any atom is 0.339 e. The van der Waals surface area contributed by atoms with Crippen LogP contribution in [0.3, 0.4) is 0 Å². The molecule has 2 rings (SSSR count). The van der Waals surface area contributed by atoms with E-state index in [1.807, 2.05) is 0 Å². The van der Waals surface area contributed by atoms with Crippen LogP contribution < -0.4 is 4.74 Å². The number of carboxylic acids is 2. The third-order valence-electron chi connectivity index (χ3n) is 3.17. The molecule has 120 valence electrons. The molecule has 0 spiro atoms. The highest BCUT2D eigenvalue weighted by atomic mass is 16.7. The molecule has 1 fully saturated rings. The lowest BCUT2D eigenvalue weighted by molar-refractivity contribution is -0.271. The molecule has 22 heavy (non-hydrogen) atoms. The van der Waals surface area contributed by atoms with Crippen LogP contribution >= 0.6 is 0 Å². The minimum Gasteiger partial charge on any atom is -0.479 e. The first-order chi connectivity index (χ1) is 10.3. The summed E-state index contributed by atoms with van der Waals surface area (Å²) in [5.74, 6) is -3.03. The second-order valence-corrected chi connectivity index (χ2v) is 4.65. The summed E-state index contributed by atoms with van der Waals surface area (Å²) in [5.41, 5.74) is -0.231. The first kappa shape index (κ1) is 16.2. The van der Waals surface area contributed by atoms with Gasteiger partial charge in [-0.05, 0) is 12.1 Å². The van der Waals surface area contributed by atoms with Crippen LogP contribution in [0.2, 0.25) is 0 Å². The van der Waals surface area contributed by atoms with Gasteiger partial charge >= 0.3 is 11.9 Å². The highest BCUT2D eigenvalue weighted by molar-refractivity contribution is 5.90. The van der Waals surface area contributed by atoms with Crippen LogP contribution in [0.4, 0.5) is 0 Å². The zero-order valence-electron chi connectivity index (χ0n) is 11.1. The predicted octanol–water partition coefficient (Wildman–Crippen LogP) is -1.34. The van der Waals surface area contributed by atoms with Crippen LogP contribution in [0.5, 0.6) is 5.75 Å². The van der Waals surface area contributed by atoms with Crippen molar-refractivity contribution in [3.63, 3.8) is 0 Å². The topological polar surface area (TPSA) is 154 Å². The number of hydrogen-bond acceptors (Lipinski definition) is 7. The molecule has 9 heteroatoms. The van der Waals surface area contributed by atoms with E-state index in [0.29, 0.717) is 0 Å². The van der Waals surface area contributed by atoms with Crippen LogP contribution in [0.25, 0.3) is 0 Å². The second-order valence-electron chi connectivity index (χ2n) is 4.65. The molecule has 5 N–H and O–H groups in total. The van der Waals surface area contributed by atoms with Crippen LogP contribution in [0.15, 0.2) is 24.3 Å². The largest absolute Gasteiger partial charge is 0.479 e. The molecule has 1 aromatic carbocycles. The maximum atomic E-state index is 11.1. The molecule has 1 aromatic rings. The number of aliphatic hydroxyl groups is 3. The van der Waals surface area contributed by atoms with E-state index in [4.69, 9.17) is 19.7 Å². The highest BCUT2D eigenvalue weighted by Gasteiger charge is 2.48. The summed E-state index contributed by atoms with van der Waals surface area (Å²) in [4.78, 5) is 22.0. The Hall–Kier alpha value is -2.20. The van der Waals surface area contributed by atoms with E-state index < -0.39 is 42.6 Å². The Balaban J connectivity index is 2.25. The minimum absolute atomic E-state index is 0.174. The fourth-order valence-electron chi connectivity index (χ4n) is 2.02. The summed E-state index contributed by atoms with van der Waals surface area (Å²) < 4.78 is 10.1. The van der Waals surface area contributed by atoms with Crippen molar-refractivity contribution in [3.05, 3.63) is 29.8 Å². The van der Waals surface area contributed by atoms with Gasteiger partial charge in [0.05, 0.1) is 0 Å².